The quantitative estimate of drug-likeness (QED) is 0.730. The molecule has 0 aliphatic carbocycles. The van der Waals surface area contributed by atoms with Gasteiger partial charge in [-0.3, -0.25) is 0 Å². The standard InChI is InChI=1S/C13H18Cl3NO/c1-3-9(2)17-5-4-6-18-13-11(15)7-10(14)8-12(13)16/h7-9,17H,3-6H2,1-2H3/t9-/m0/s1. The van der Waals surface area contributed by atoms with Crippen LogP contribution in [-0.4, -0.2) is 19.2 Å². The van der Waals surface area contributed by atoms with Gasteiger partial charge in [-0.2, -0.15) is 0 Å². The van der Waals surface area contributed by atoms with Gasteiger partial charge in [-0.15, -0.1) is 0 Å². The van der Waals surface area contributed by atoms with E-state index >= 15 is 0 Å². The normalized spacial score (nSPS) is 12.5. The molecule has 0 bridgehead atoms. The van der Waals surface area contributed by atoms with Crippen LogP contribution in [-0.2, 0) is 0 Å². The molecular formula is C13H18Cl3NO. The summed E-state index contributed by atoms with van der Waals surface area (Å²) in [5.41, 5.74) is 0. The minimum absolute atomic E-state index is 0.447. The zero-order chi connectivity index (χ0) is 13.5. The lowest BCUT2D eigenvalue weighted by molar-refractivity contribution is 0.305. The average molecular weight is 311 g/mol. The van der Waals surface area contributed by atoms with E-state index in [1.54, 1.807) is 12.1 Å². The molecule has 0 saturated carbocycles. The van der Waals surface area contributed by atoms with Crippen molar-refractivity contribution in [1.82, 2.24) is 5.32 Å². The van der Waals surface area contributed by atoms with Crippen molar-refractivity contribution in [3.63, 3.8) is 0 Å². The molecule has 0 aliphatic rings. The van der Waals surface area contributed by atoms with Crippen molar-refractivity contribution in [1.29, 1.82) is 0 Å². The molecule has 18 heavy (non-hydrogen) atoms. The Kier molecular flexibility index (Phi) is 7.16. The second-order valence-corrected chi connectivity index (χ2v) is 5.41. The lowest BCUT2D eigenvalue weighted by Crippen LogP contribution is -2.27. The summed E-state index contributed by atoms with van der Waals surface area (Å²) in [5, 5.41) is 4.79. The van der Waals surface area contributed by atoms with Gasteiger partial charge < -0.3 is 10.1 Å². The molecule has 102 valence electrons. The molecule has 0 spiro atoms. The first-order valence-corrected chi connectivity index (χ1v) is 7.18. The Morgan fingerprint density at radius 2 is 1.83 bits per heavy atom. The van der Waals surface area contributed by atoms with Gasteiger partial charge in [-0.1, -0.05) is 41.7 Å². The van der Waals surface area contributed by atoms with Gasteiger partial charge in [0, 0.05) is 11.1 Å². The molecule has 1 aromatic carbocycles. The molecule has 0 saturated heterocycles. The third-order valence-electron chi connectivity index (χ3n) is 2.64. The van der Waals surface area contributed by atoms with Crippen molar-refractivity contribution in [3.05, 3.63) is 27.2 Å². The van der Waals surface area contributed by atoms with Crippen LogP contribution < -0.4 is 10.1 Å². The molecule has 1 rings (SSSR count). The molecule has 0 unspecified atom stereocenters. The number of hydrogen-bond acceptors (Lipinski definition) is 2. The summed E-state index contributed by atoms with van der Waals surface area (Å²) >= 11 is 17.8. The van der Waals surface area contributed by atoms with Gasteiger partial charge in [0.05, 0.1) is 16.7 Å². The fraction of sp³-hybridized carbons (Fsp3) is 0.538. The molecular weight excluding hydrogens is 293 g/mol. The summed E-state index contributed by atoms with van der Waals surface area (Å²) in [7, 11) is 0. The summed E-state index contributed by atoms with van der Waals surface area (Å²) in [6.45, 7) is 5.80. The molecule has 1 aromatic rings. The lowest BCUT2D eigenvalue weighted by atomic mass is 10.2. The van der Waals surface area contributed by atoms with Gasteiger partial charge in [0.25, 0.3) is 0 Å². The van der Waals surface area contributed by atoms with Crippen LogP contribution in [0.25, 0.3) is 0 Å². The summed E-state index contributed by atoms with van der Waals surface area (Å²) in [5.74, 6) is 0.506. The van der Waals surface area contributed by atoms with Crippen LogP contribution in [0.15, 0.2) is 12.1 Å². The van der Waals surface area contributed by atoms with Gasteiger partial charge in [0.2, 0.25) is 0 Å². The molecule has 0 aliphatic heterocycles. The summed E-state index contributed by atoms with van der Waals surface area (Å²) in [4.78, 5) is 0. The van der Waals surface area contributed by atoms with Gasteiger partial charge in [-0.05, 0) is 38.4 Å². The van der Waals surface area contributed by atoms with E-state index in [0.717, 1.165) is 19.4 Å². The Labute approximate surface area is 124 Å². The summed E-state index contributed by atoms with van der Waals surface area (Å²) < 4.78 is 5.58. The highest BCUT2D eigenvalue weighted by Crippen LogP contribution is 2.35. The second kappa shape index (κ2) is 8.11. The number of nitrogens with one attached hydrogen (secondary N) is 1. The van der Waals surface area contributed by atoms with E-state index in [9.17, 15) is 0 Å². The molecule has 0 aromatic heterocycles. The van der Waals surface area contributed by atoms with Crippen molar-refractivity contribution in [3.8, 4) is 5.75 Å². The second-order valence-electron chi connectivity index (χ2n) is 4.16. The summed E-state index contributed by atoms with van der Waals surface area (Å²) in [6, 6.07) is 3.79. The Hall–Kier alpha value is -0.150. The van der Waals surface area contributed by atoms with Crippen LogP contribution in [0.1, 0.15) is 26.7 Å². The number of benzene rings is 1. The molecule has 0 amide bonds. The SMILES string of the molecule is CC[C@H](C)NCCCOc1c(Cl)cc(Cl)cc1Cl. The topological polar surface area (TPSA) is 21.3 Å². The van der Waals surface area contributed by atoms with Crippen LogP contribution in [0.4, 0.5) is 0 Å². The molecule has 2 nitrogen and oxygen atoms in total. The van der Waals surface area contributed by atoms with Crippen LogP contribution >= 0.6 is 34.8 Å². The Morgan fingerprint density at radius 3 is 2.39 bits per heavy atom. The van der Waals surface area contributed by atoms with Crippen molar-refractivity contribution in [2.45, 2.75) is 32.7 Å². The van der Waals surface area contributed by atoms with Gasteiger partial charge in [-0.25, -0.2) is 0 Å². The fourth-order valence-corrected chi connectivity index (χ4v) is 2.33. The molecule has 0 fully saturated rings. The molecule has 0 heterocycles. The third kappa shape index (κ3) is 5.23. The number of halogens is 3. The van der Waals surface area contributed by atoms with Crippen molar-refractivity contribution < 1.29 is 4.74 Å². The largest absolute Gasteiger partial charge is 0.490 e. The Morgan fingerprint density at radius 1 is 1.22 bits per heavy atom. The highest BCUT2D eigenvalue weighted by Gasteiger charge is 2.08. The average Bonchev–Trinajstić information content (AvgIpc) is 2.31. The Bertz CT molecular complexity index is 361. The van der Waals surface area contributed by atoms with E-state index in [1.165, 1.54) is 0 Å². The predicted octanol–water partition coefficient (Wildman–Crippen LogP) is 4.80. The molecule has 0 radical (unpaired) electrons. The van der Waals surface area contributed by atoms with Crippen molar-refractivity contribution in [2.24, 2.45) is 0 Å². The molecule has 5 heteroatoms. The van der Waals surface area contributed by atoms with Gasteiger partial charge in [0.15, 0.2) is 5.75 Å². The van der Waals surface area contributed by atoms with Gasteiger partial charge in [0.1, 0.15) is 0 Å². The maximum atomic E-state index is 6.01. The van der Waals surface area contributed by atoms with Crippen molar-refractivity contribution in [2.75, 3.05) is 13.2 Å². The smallest absolute Gasteiger partial charge is 0.156 e. The van der Waals surface area contributed by atoms with E-state index in [-0.39, 0.29) is 0 Å². The third-order valence-corrected chi connectivity index (χ3v) is 3.42. The minimum Gasteiger partial charge on any atom is -0.490 e. The van der Waals surface area contributed by atoms with E-state index in [4.69, 9.17) is 39.5 Å². The predicted molar refractivity (Wildman–Crippen MR) is 79.3 cm³/mol. The number of hydrogen-bond donors (Lipinski definition) is 1. The number of rotatable bonds is 7. The summed E-state index contributed by atoms with van der Waals surface area (Å²) in [6.07, 6.45) is 2.02. The van der Waals surface area contributed by atoms with Gasteiger partial charge >= 0.3 is 0 Å². The molecule has 1 atom stereocenters. The Balaban J connectivity index is 2.36. The van der Waals surface area contributed by atoms with E-state index in [1.807, 2.05) is 0 Å². The van der Waals surface area contributed by atoms with E-state index in [0.29, 0.717) is 33.5 Å². The van der Waals surface area contributed by atoms with Crippen molar-refractivity contribution >= 4 is 34.8 Å². The monoisotopic (exact) mass is 309 g/mol. The fourth-order valence-electron chi connectivity index (χ4n) is 1.41. The minimum atomic E-state index is 0.447. The maximum absolute atomic E-state index is 6.01. The van der Waals surface area contributed by atoms with Crippen LogP contribution in [0.2, 0.25) is 15.1 Å². The zero-order valence-electron chi connectivity index (χ0n) is 10.6. The van der Waals surface area contributed by atoms with Crippen LogP contribution in [0.5, 0.6) is 5.75 Å². The lowest BCUT2D eigenvalue weighted by Gasteiger charge is -2.13. The number of ether oxygens (including phenoxy) is 1. The first-order chi connectivity index (χ1) is 8.54. The highest BCUT2D eigenvalue weighted by atomic mass is 35.5. The maximum Gasteiger partial charge on any atom is 0.156 e. The van der Waals surface area contributed by atoms with Crippen LogP contribution in [0.3, 0.4) is 0 Å². The van der Waals surface area contributed by atoms with Crippen LogP contribution in [0, 0.1) is 0 Å². The zero-order valence-corrected chi connectivity index (χ0v) is 12.9. The first kappa shape index (κ1) is 15.9. The van der Waals surface area contributed by atoms with E-state index in [2.05, 4.69) is 19.2 Å². The molecule has 1 N–H and O–H groups in total. The highest BCUT2D eigenvalue weighted by molar-refractivity contribution is 6.40. The first-order valence-electron chi connectivity index (χ1n) is 6.05. The van der Waals surface area contributed by atoms with E-state index < -0.39 is 0 Å².